The number of benzene rings is 1. The van der Waals surface area contributed by atoms with Gasteiger partial charge in [-0.2, -0.15) is 0 Å². The van der Waals surface area contributed by atoms with Crippen LogP contribution in [0.2, 0.25) is 0 Å². The normalized spacial score (nSPS) is 10.2. The summed E-state index contributed by atoms with van der Waals surface area (Å²) in [6.07, 6.45) is 0.402. The van der Waals surface area contributed by atoms with E-state index in [2.05, 4.69) is 5.32 Å². The van der Waals surface area contributed by atoms with E-state index >= 15 is 0 Å². The SMILES string of the molecule is CNCc1ccc(OC)c(OCCCF)c1. The van der Waals surface area contributed by atoms with Gasteiger partial charge in [-0.25, -0.2) is 0 Å². The van der Waals surface area contributed by atoms with Gasteiger partial charge < -0.3 is 14.8 Å². The lowest BCUT2D eigenvalue weighted by molar-refractivity contribution is 0.273. The van der Waals surface area contributed by atoms with Gasteiger partial charge in [-0.3, -0.25) is 4.39 Å². The molecular weight excluding hydrogens is 209 g/mol. The Morgan fingerprint density at radius 3 is 2.75 bits per heavy atom. The second-order valence-electron chi connectivity index (χ2n) is 3.41. The van der Waals surface area contributed by atoms with Crippen molar-refractivity contribution >= 4 is 0 Å². The van der Waals surface area contributed by atoms with Crippen LogP contribution in [0, 0.1) is 0 Å². The maximum atomic E-state index is 12.0. The Morgan fingerprint density at radius 1 is 1.31 bits per heavy atom. The van der Waals surface area contributed by atoms with Crippen molar-refractivity contribution < 1.29 is 13.9 Å². The van der Waals surface area contributed by atoms with Gasteiger partial charge >= 0.3 is 0 Å². The van der Waals surface area contributed by atoms with Gasteiger partial charge in [-0.05, 0) is 24.7 Å². The summed E-state index contributed by atoms with van der Waals surface area (Å²) in [6, 6.07) is 5.74. The third-order valence-corrected chi connectivity index (χ3v) is 2.14. The van der Waals surface area contributed by atoms with Crippen LogP contribution < -0.4 is 14.8 Å². The van der Waals surface area contributed by atoms with E-state index in [0.29, 0.717) is 24.5 Å². The van der Waals surface area contributed by atoms with E-state index in [1.165, 1.54) is 0 Å². The lowest BCUT2D eigenvalue weighted by atomic mass is 10.2. The van der Waals surface area contributed by atoms with Gasteiger partial charge in [0.1, 0.15) is 0 Å². The number of methoxy groups -OCH3 is 1. The summed E-state index contributed by atoms with van der Waals surface area (Å²) in [6.45, 7) is 0.776. The van der Waals surface area contributed by atoms with Crippen molar-refractivity contribution in [2.45, 2.75) is 13.0 Å². The zero-order valence-electron chi connectivity index (χ0n) is 9.75. The average Bonchev–Trinajstić information content (AvgIpc) is 2.30. The van der Waals surface area contributed by atoms with Gasteiger partial charge in [0.25, 0.3) is 0 Å². The molecule has 0 unspecified atom stereocenters. The lowest BCUT2D eigenvalue weighted by Crippen LogP contribution is -2.06. The minimum atomic E-state index is -0.363. The number of rotatable bonds is 7. The topological polar surface area (TPSA) is 30.5 Å². The van der Waals surface area contributed by atoms with Crippen LogP contribution in [0.4, 0.5) is 4.39 Å². The maximum absolute atomic E-state index is 12.0. The second kappa shape index (κ2) is 7.06. The molecule has 0 amide bonds. The van der Waals surface area contributed by atoms with Crippen LogP contribution in [-0.4, -0.2) is 27.4 Å². The van der Waals surface area contributed by atoms with Crippen molar-refractivity contribution in [2.75, 3.05) is 27.4 Å². The second-order valence-corrected chi connectivity index (χ2v) is 3.41. The molecule has 0 aliphatic carbocycles. The smallest absolute Gasteiger partial charge is 0.161 e. The van der Waals surface area contributed by atoms with Crippen LogP contribution in [0.1, 0.15) is 12.0 Å². The van der Waals surface area contributed by atoms with Crippen molar-refractivity contribution in [1.29, 1.82) is 0 Å². The lowest BCUT2D eigenvalue weighted by Gasteiger charge is -2.11. The summed E-state index contributed by atoms with van der Waals surface area (Å²) < 4.78 is 22.6. The van der Waals surface area contributed by atoms with E-state index in [1.807, 2.05) is 25.2 Å². The molecule has 1 aromatic carbocycles. The van der Waals surface area contributed by atoms with Crippen molar-refractivity contribution in [2.24, 2.45) is 0 Å². The predicted octanol–water partition coefficient (Wildman–Crippen LogP) is 2.15. The molecule has 4 heteroatoms. The third kappa shape index (κ3) is 3.70. The number of alkyl halides is 1. The summed E-state index contributed by atoms with van der Waals surface area (Å²) in [5.41, 5.74) is 1.11. The molecule has 0 heterocycles. The van der Waals surface area contributed by atoms with E-state index < -0.39 is 0 Å². The van der Waals surface area contributed by atoms with E-state index in [4.69, 9.17) is 9.47 Å². The summed E-state index contributed by atoms with van der Waals surface area (Å²) in [4.78, 5) is 0. The molecule has 0 spiro atoms. The molecular formula is C12H18FNO2. The molecule has 3 nitrogen and oxygen atoms in total. The van der Waals surface area contributed by atoms with Gasteiger partial charge in [0.15, 0.2) is 11.5 Å². The minimum Gasteiger partial charge on any atom is -0.493 e. The Hall–Kier alpha value is -1.29. The van der Waals surface area contributed by atoms with Crippen LogP contribution in [0.15, 0.2) is 18.2 Å². The molecule has 0 saturated heterocycles. The molecule has 0 saturated carbocycles. The zero-order valence-corrected chi connectivity index (χ0v) is 9.75. The molecule has 0 atom stereocenters. The fourth-order valence-corrected chi connectivity index (χ4v) is 1.38. The zero-order chi connectivity index (χ0) is 11.8. The Bertz CT molecular complexity index is 318. The molecule has 1 aromatic rings. The van der Waals surface area contributed by atoms with Gasteiger partial charge in [-0.1, -0.05) is 6.07 Å². The molecule has 0 aliphatic rings. The molecule has 1 rings (SSSR count). The number of ether oxygens (including phenoxy) is 2. The average molecular weight is 227 g/mol. The van der Waals surface area contributed by atoms with E-state index in [1.54, 1.807) is 7.11 Å². The molecule has 0 radical (unpaired) electrons. The fraction of sp³-hybridized carbons (Fsp3) is 0.500. The number of hydrogen-bond donors (Lipinski definition) is 1. The Kier molecular flexibility index (Phi) is 5.64. The van der Waals surface area contributed by atoms with E-state index in [-0.39, 0.29) is 6.67 Å². The van der Waals surface area contributed by atoms with Crippen LogP contribution in [0.25, 0.3) is 0 Å². The van der Waals surface area contributed by atoms with E-state index in [9.17, 15) is 4.39 Å². The number of nitrogens with one attached hydrogen (secondary N) is 1. The van der Waals surface area contributed by atoms with Crippen LogP contribution in [-0.2, 0) is 6.54 Å². The molecule has 0 bridgehead atoms. The predicted molar refractivity (Wildman–Crippen MR) is 61.8 cm³/mol. The molecule has 0 aliphatic heterocycles. The Balaban J connectivity index is 2.72. The highest BCUT2D eigenvalue weighted by molar-refractivity contribution is 5.42. The summed E-state index contributed by atoms with van der Waals surface area (Å²) in [7, 11) is 3.48. The number of hydrogen-bond acceptors (Lipinski definition) is 3. The van der Waals surface area contributed by atoms with Gasteiger partial charge in [-0.15, -0.1) is 0 Å². The highest BCUT2D eigenvalue weighted by atomic mass is 19.1. The molecule has 0 fully saturated rings. The maximum Gasteiger partial charge on any atom is 0.161 e. The fourth-order valence-electron chi connectivity index (χ4n) is 1.38. The largest absolute Gasteiger partial charge is 0.493 e. The summed E-state index contributed by atoms with van der Waals surface area (Å²) in [5, 5.41) is 3.06. The highest BCUT2D eigenvalue weighted by Gasteiger charge is 2.05. The number of halogens is 1. The quantitative estimate of drug-likeness (QED) is 0.724. The molecule has 16 heavy (non-hydrogen) atoms. The van der Waals surface area contributed by atoms with Crippen LogP contribution >= 0.6 is 0 Å². The van der Waals surface area contributed by atoms with Gasteiger partial charge in [0.05, 0.1) is 20.4 Å². The van der Waals surface area contributed by atoms with Crippen molar-refractivity contribution in [1.82, 2.24) is 5.32 Å². The Morgan fingerprint density at radius 2 is 2.12 bits per heavy atom. The van der Waals surface area contributed by atoms with E-state index in [0.717, 1.165) is 12.1 Å². The molecule has 90 valence electrons. The Labute approximate surface area is 95.6 Å². The first kappa shape index (κ1) is 12.8. The van der Waals surface area contributed by atoms with Crippen LogP contribution in [0.5, 0.6) is 11.5 Å². The minimum absolute atomic E-state index is 0.363. The first-order chi connectivity index (χ1) is 7.81. The monoisotopic (exact) mass is 227 g/mol. The van der Waals surface area contributed by atoms with Crippen molar-refractivity contribution in [3.8, 4) is 11.5 Å². The third-order valence-electron chi connectivity index (χ3n) is 2.14. The molecule has 1 N–H and O–H groups in total. The van der Waals surface area contributed by atoms with Crippen molar-refractivity contribution in [3.63, 3.8) is 0 Å². The summed E-state index contributed by atoms with van der Waals surface area (Å²) in [5.74, 6) is 1.35. The van der Waals surface area contributed by atoms with Crippen molar-refractivity contribution in [3.05, 3.63) is 23.8 Å². The van der Waals surface area contributed by atoms with Gasteiger partial charge in [0.2, 0.25) is 0 Å². The first-order valence-electron chi connectivity index (χ1n) is 5.32. The first-order valence-corrected chi connectivity index (χ1v) is 5.32. The molecule has 0 aromatic heterocycles. The van der Waals surface area contributed by atoms with Gasteiger partial charge in [0, 0.05) is 13.0 Å². The van der Waals surface area contributed by atoms with Crippen LogP contribution in [0.3, 0.4) is 0 Å². The standard InChI is InChI=1S/C12H18FNO2/c1-14-9-10-4-5-11(15-2)12(8-10)16-7-3-6-13/h4-5,8,14H,3,6-7,9H2,1-2H3. The summed E-state index contributed by atoms with van der Waals surface area (Å²) >= 11 is 0. The highest BCUT2D eigenvalue weighted by Crippen LogP contribution is 2.28.